The van der Waals surface area contributed by atoms with E-state index in [1.807, 2.05) is 0 Å². The zero-order chi connectivity index (χ0) is 25.8. The van der Waals surface area contributed by atoms with Crippen molar-refractivity contribution in [3.05, 3.63) is 53.6 Å². The molecule has 3 rings (SSSR count). The van der Waals surface area contributed by atoms with Gasteiger partial charge in [-0.2, -0.15) is 4.31 Å². The third-order valence-corrected chi connectivity index (χ3v) is 8.40. The van der Waals surface area contributed by atoms with Crippen LogP contribution in [-0.2, 0) is 42.5 Å². The molecule has 5 N–H and O–H groups in total. The number of nitrogens with two attached hydrogens (primary N) is 2. The third kappa shape index (κ3) is 6.21. The van der Waals surface area contributed by atoms with E-state index in [1.165, 1.54) is 18.2 Å². The first-order valence-electron chi connectivity index (χ1n) is 10.4. The number of benzene rings is 2. The summed E-state index contributed by atoms with van der Waals surface area (Å²) in [4.78, 5) is 16.0. The average molecular weight is 527 g/mol. The predicted molar refractivity (Wildman–Crippen MR) is 126 cm³/mol. The lowest BCUT2D eigenvalue weighted by atomic mass is 9.95. The Balaban J connectivity index is 1.87. The minimum atomic E-state index is -4.48. The molecule has 0 aromatic heterocycles. The summed E-state index contributed by atoms with van der Waals surface area (Å²) in [6.45, 7) is 0.215. The molecule has 0 saturated heterocycles. The summed E-state index contributed by atoms with van der Waals surface area (Å²) in [5.41, 5.74) is 11.5. The van der Waals surface area contributed by atoms with E-state index in [0.29, 0.717) is 23.3 Å². The van der Waals surface area contributed by atoms with Crippen molar-refractivity contribution in [2.45, 2.75) is 35.2 Å². The molecule has 190 valence electrons. The molecule has 1 aliphatic rings. The van der Waals surface area contributed by atoms with Crippen LogP contribution in [0.5, 0.6) is 5.75 Å². The highest BCUT2D eigenvalue weighted by Crippen LogP contribution is 2.33. The van der Waals surface area contributed by atoms with Crippen molar-refractivity contribution in [1.29, 1.82) is 0 Å². The number of carbonyl (C=O) groups is 1. The minimum absolute atomic E-state index is 0.0857. The number of carboxylic acids is 1. The van der Waals surface area contributed by atoms with Gasteiger partial charge < -0.3 is 26.1 Å². The van der Waals surface area contributed by atoms with Gasteiger partial charge in [-0.15, -0.1) is 0 Å². The summed E-state index contributed by atoms with van der Waals surface area (Å²) in [5, 5.41) is 13.2. The van der Waals surface area contributed by atoms with Crippen LogP contribution >= 0.6 is 0 Å². The molecule has 1 aliphatic heterocycles. The highest BCUT2D eigenvalue weighted by Gasteiger charge is 2.41. The Morgan fingerprint density at radius 3 is 2.40 bits per heavy atom. The van der Waals surface area contributed by atoms with Crippen LogP contribution in [0, 0.1) is 0 Å². The number of ether oxygens (including phenoxy) is 1. The highest BCUT2D eigenvalue weighted by molar-refractivity contribution is 7.93. The van der Waals surface area contributed by atoms with Gasteiger partial charge in [-0.05, 0) is 40.5 Å². The van der Waals surface area contributed by atoms with Crippen molar-refractivity contribution in [2.24, 2.45) is 16.6 Å². The van der Waals surface area contributed by atoms with Gasteiger partial charge in [-0.1, -0.05) is 18.2 Å². The first-order valence-corrected chi connectivity index (χ1v) is 13.7. The van der Waals surface area contributed by atoms with Crippen LogP contribution < -0.4 is 16.2 Å². The predicted octanol–water partition coefficient (Wildman–Crippen LogP) is 0.264. The van der Waals surface area contributed by atoms with E-state index in [2.05, 4.69) is 5.16 Å². The van der Waals surface area contributed by atoms with Gasteiger partial charge in [0, 0.05) is 25.6 Å². The number of rotatable bonds is 10. The Morgan fingerprint density at radius 2 is 1.77 bits per heavy atom. The molecule has 14 heteroatoms. The number of oxime groups is 1. The number of hydrogen-bond donors (Lipinski definition) is 3. The fourth-order valence-electron chi connectivity index (χ4n) is 3.62. The van der Waals surface area contributed by atoms with Crippen molar-refractivity contribution < 1.29 is 36.3 Å². The van der Waals surface area contributed by atoms with Gasteiger partial charge in [0.15, 0.2) is 9.84 Å². The first-order chi connectivity index (χ1) is 16.4. The molecule has 2 aromatic rings. The quantitative estimate of drug-likeness (QED) is 0.167. The highest BCUT2D eigenvalue weighted by atomic mass is 32.2. The Labute approximate surface area is 203 Å². The summed E-state index contributed by atoms with van der Waals surface area (Å²) in [6, 6.07) is 8.71. The summed E-state index contributed by atoms with van der Waals surface area (Å²) in [7, 11) is -8.36. The lowest BCUT2D eigenvalue weighted by Gasteiger charge is -2.34. The van der Waals surface area contributed by atoms with Gasteiger partial charge in [0.25, 0.3) is 0 Å². The van der Waals surface area contributed by atoms with Crippen LogP contribution in [0.4, 0.5) is 0 Å². The van der Waals surface area contributed by atoms with E-state index in [0.717, 1.165) is 16.6 Å². The largest absolute Gasteiger partial charge is 0.493 e. The number of sulfonamides is 1. The van der Waals surface area contributed by atoms with E-state index in [-0.39, 0.29) is 32.1 Å². The van der Waals surface area contributed by atoms with E-state index >= 15 is 0 Å². The molecule has 0 radical (unpaired) electrons. The molecular weight excluding hydrogens is 500 g/mol. The summed E-state index contributed by atoms with van der Waals surface area (Å²) in [5.74, 6) is -1.08. The lowest BCUT2D eigenvalue weighted by Crippen LogP contribution is -2.48. The van der Waals surface area contributed by atoms with Crippen molar-refractivity contribution in [3.8, 4) is 5.75 Å². The molecule has 1 unspecified atom stereocenters. The van der Waals surface area contributed by atoms with Crippen LogP contribution in [0.15, 0.2) is 57.4 Å². The van der Waals surface area contributed by atoms with Crippen LogP contribution in [-0.4, -0.2) is 63.7 Å². The molecule has 0 bridgehead atoms. The monoisotopic (exact) mass is 526 g/mol. The standard InChI is InChI=1S/C21H26N4O8S2/c1-34(28,29)18-5-2-3-6-19(18)35(30,31)25-13-15-11-16(32-9-4-10-33-24-21(22)23)8-7-14(15)12-17(25)20(26)27/h2-3,5-8,11,17H,4,9-10,12-13H2,1H3,(H,26,27)(H4,22,23,24). The molecule has 2 aromatic carbocycles. The lowest BCUT2D eigenvalue weighted by molar-refractivity contribution is -0.141. The maximum Gasteiger partial charge on any atom is 0.322 e. The third-order valence-electron chi connectivity index (χ3n) is 5.20. The van der Waals surface area contributed by atoms with E-state index in [4.69, 9.17) is 21.0 Å². The van der Waals surface area contributed by atoms with Gasteiger partial charge in [0.05, 0.1) is 11.5 Å². The molecular formula is C21H26N4O8S2. The van der Waals surface area contributed by atoms with Crippen molar-refractivity contribution in [2.75, 3.05) is 19.5 Å². The maximum atomic E-state index is 13.5. The van der Waals surface area contributed by atoms with Gasteiger partial charge in [0.2, 0.25) is 16.0 Å². The first kappa shape index (κ1) is 26.2. The second-order valence-corrected chi connectivity index (χ2v) is 11.7. The normalized spacial score (nSPS) is 16.2. The van der Waals surface area contributed by atoms with E-state index in [9.17, 15) is 26.7 Å². The maximum absolute atomic E-state index is 13.5. The van der Waals surface area contributed by atoms with Gasteiger partial charge in [-0.25, -0.2) is 16.8 Å². The molecule has 1 atom stereocenters. The zero-order valence-corrected chi connectivity index (χ0v) is 20.5. The fourth-order valence-corrected chi connectivity index (χ4v) is 6.78. The van der Waals surface area contributed by atoms with Crippen molar-refractivity contribution >= 4 is 31.8 Å². The summed E-state index contributed by atoms with van der Waals surface area (Å²) in [6.07, 6.45) is 1.28. The smallest absolute Gasteiger partial charge is 0.322 e. The molecule has 0 amide bonds. The molecule has 0 aliphatic carbocycles. The van der Waals surface area contributed by atoms with Crippen LogP contribution in [0.3, 0.4) is 0 Å². The van der Waals surface area contributed by atoms with Crippen LogP contribution in [0.2, 0.25) is 0 Å². The van der Waals surface area contributed by atoms with Gasteiger partial charge in [0.1, 0.15) is 23.3 Å². The Bertz CT molecular complexity index is 1340. The fraction of sp³-hybridized carbons (Fsp3) is 0.333. The Hall–Kier alpha value is -3.36. The van der Waals surface area contributed by atoms with Crippen molar-refractivity contribution in [3.63, 3.8) is 0 Å². The molecule has 0 fully saturated rings. The Morgan fingerprint density at radius 1 is 1.09 bits per heavy atom. The number of aliphatic carboxylic acids is 1. The average Bonchev–Trinajstić information content (AvgIpc) is 2.79. The molecule has 0 saturated carbocycles. The van der Waals surface area contributed by atoms with Crippen LogP contribution in [0.1, 0.15) is 17.5 Å². The number of nitrogens with zero attached hydrogens (tertiary/aromatic N) is 2. The van der Waals surface area contributed by atoms with Gasteiger partial charge >= 0.3 is 5.97 Å². The van der Waals surface area contributed by atoms with Crippen LogP contribution in [0.25, 0.3) is 0 Å². The SMILES string of the molecule is CS(=O)(=O)c1ccccc1S(=O)(=O)N1Cc2cc(OCCCON=C(N)N)ccc2CC1C(=O)O. The topological polar surface area (TPSA) is 192 Å². The summed E-state index contributed by atoms with van der Waals surface area (Å²) < 4.78 is 57.9. The van der Waals surface area contributed by atoms with E-state index < -0.39 is 41.7 Å². The molecule has 35 heavy (non-hydrogen) atoms. The number of sulfone groups is 1. The summed E-state index contributed by atoms with van der Waals surface area (Å²) >= 11 is 0. The molecule has 1 heterocycles. The molecule has 0 spiro atoms. The number of guanidine groups is 1. The number of hydrogen-bond acceptors (Lipinski definition) is 8. The molecule has 12 nitrogen and oxygen atoms in total. The zero-order valence-electron chi connectivity index (χ0n) is 18.8. The van der Waals surface area contributed by atoms with Gasteiger partial charge in [-0.3, -0.25) is 4.79 Å². The van der Waals surface area contributed by atoms with E-state index in [1.54, 1.807) is 18.2 Å². The number of carboxylic acid groups (broad SMARTS) is 1. The van der Waals surface area contributed by atoms with Crippen molar-refractivity contribution in [1.82, 2.24) is 4.31 Å². The Kier molecular flexibility index (Phi) is 7.87. The minimum Gasteiger partial charge on any atom is -0.493 e. The number of fused-ring (bicyclic) bond motifs is 1. The second kappa shape index (κ2) is 10.5. The second-order valence-electron chi connectivity index (χ2n) is 7.81.